The van der Waals surface area contributed by atoms with Gasteiger partial charge in [0.1, 0.15) is 5.60 Å². The maximum absolute atomic E-state index is 12.4. The lowest BCUT2D eigenvalue weighted by molar-refractivity contribution is -0.0479. The second kappa shape index (κ2) is 6.70. The summed E-state index contributed by atoms with van der Waals surface area (Å²) in [7, 11) is 3.23. The molecule has 2 aromatic rings. The Hall–Kier alpha value is -1.91. The smallest absolute Gasteiger partial charge is 0.252 e. The van der Waals surface area contributed by atoms with E-state index in [4.69, 9.17) is 9.47 Å². The van der Waals surface area contributed by atoms with Gasteiger partial charge >= 0.3 is 0 Å². The highest BCUT2D eigenvalue weighted by molar-refractivity contribution is 6.07. The Kier molecular flexibility index (Phi) is 4.94. The van der Waals surface area contributed by atoms with E-state index >= 15 is 0 Å². The standard InChI is InChI=1S/C17H21NO3/c1-17(21-3,12-20-2)11-18-16(19)15-10-6-8-13-7-4-5-9-14(13)15/h4-10H,11-12H2,1-3H3,(H,18,19)/t17-/m1/s1. The number of hydrogen-bond donors (Lipinski definition) is 1. The zero-order valence-corrected chi connectivity index (χ0v) is 12.7. The maximum atomic E-state index is 12.4. The quantitative estimate of drug-likeness (QED) is 0.888. The molecule has 1 amide bonds. The molecule has 0 aromatic heterocycles. The number of carbonyl (C=O) groups excluding carboxylic acids is 1. The first-order valence-electron chi connectivity index (χ1n) is 6.90. The summed E-state index contributed by atoms with van der Waals surface area (Å²) in [5.41, 5.74) is 0.138. The first-order chi connectivity index (χ1) is 10.1. The van der Waals surface area contributed by atoms with E-state index in [9.17, 15) is 4.79 Å². The van der Waals surface area contributed by atoms with Gasteiger partial charge in [0.2, 0.25) is 0 Å². The SMILES string of the molecule is COC[C@@](C)(CNC(=O)c1cccc2ccccc12)OC. The molecule has 0 radical (unpaired) electrons. The third-order valence-corrected chi connectivity index (χ3v) is 3.60. The van der Waals surface area contributed by atoms with Gasteiger partial charge < -0.3 is 14.8 Å². The van der Waals surface area contributed by atoms with Crippen LogP contribution in [-0.4, -0.2) is 38.9 Å². The van der Waals surface area contributed by atoms with Crippen molar-refractivity contribution < 1.29 is 14.3 Å². The Labute approximate surface area is 125 Å². The zero-order valence-electron chi connectivity index (χ0n) is 12.7. The Balaban J connectivity index is 2.16. The molecule has 0 spiro atoms. The Morgan fingerprint density at radius 1 is 1.14 bits per heavy atom. The molecule has 1 atom stereocenters. The number of hydrogen-bond acceptors (Lipinski definition) is 3. The molecule has 0 aliphatic carbocycles. The van der Waals surface area contributed by atoms with Crippen molar-refractivity contribution in [3.8, 4) is 0 Å². The van der Waals surface area contributed by atoms with Crippen LogP contribution < -0.4 is 5.32 Å². The molecule has 0 saturated heterocycles. The highest BCUT2D eigenvalue weighted by atomic mass is 16.5. The predicted octanol–water partition coefficient (Wildman–Crippen LogP) is 2.62. The van der Waals surface area contributed by atoms with Gasteiger partial charge in [0.05, 0.1) is 6.61 Å². The molecule has 4 nitrogen and oxygen atoms in total. The fraction of sp³-hybridized carbons (Fsp3) is 0.353. The van der Waals surface area contributed by atoms with E-state index in [1.807, 2.05) is 49.4 Å². The second-order valence-corrected chi connectivity index (χ2v) is 5.30. The van der Waals surface area contributed by atoms with Crippen LogP contribution in [0.25, 0.3) is 10.8 Å². The lowest BCUT2D eigenvalue weighted by atomic mass is 10.0. The fourth-order valence-electron chi connectivity index (χ4n) is 2.27. The van der Waals surface area contributed by atoms with Crippen LogP contribution in [0.3, 0.4) is 0 Å². The Morgan fingerprint density at radius 2 is 1.86 bits per heavy atom. The van der Waals surface area contributed by atoms with E-state index in [0.29, 0.717) is 18.7 Å². The van der Waals surface area contributed by atoms with Crippen molar-refractivity contribution in [2.45, 2.75) is 12.5 Å². The molecule has 21 heavy (non-hydrogen) atoms. The molecular weight excluding hydrogens is 266 g/mol. The number of carbonyl (C=O) groups is 1. The molecule has 0 aliphatic heterocycles. The molecule has 0 bridgehead atoms. The number of benzene rings is 2. The van der Waals surface area contributed by atoms with Crippen LogP contribution in [0.4, 0.5) is 0 Å². The van der Waals surface area contributed by atoms with E-state index in [0.717, 1.165) is 10.8 Å². The van der Waals surface area contributed by atoms with Gasteiger partial charge in [-0.1, -0.05) is 36.4 Å². The largest absolute Gasteiger partial charge is 0.382 e. The highest BCUT2D eigenvalue weighted by Gasteiger charge is 2.24. The average molecular weight is 287 g/mol. The first-order valence-corrected chi connectivity index (χ1v) is 6.90. The molecule has 0 unspecified atom stereocenters. The van der Waals surface area contributed by atoms with Crippen LogP contribution in [0.15, 0.2) is 42.5 Å². The van der Waals surface area contributed by atoms with Gasteiger partial charge in [-0.3, -0.25) is 4.79 Å². The van der Waals surface area contributed by atoms with Crippen molar-refractivity contribution in [2.75, 3.05) is 27.4 Å². The van der Waals surface area contributed by atoms with Crippen LogP contribution >= 0.6 is 0 Å². The monoisotopic (exact) mass is 287 g/mol. The third kappa shape index (κ3) is 3.60. The average Bonchev–Trinajstić information content (AvgIpc) is 2.52. The van der Waals surface area contributed by atoms with Crippen LogP contribution in [0.1, 0.15) is 17.3 Å². The van der Waals surface area contributed by atoms with Gasteiger partial charge in [0.15, 0.2) is 0 Å². The second-order valence-electron chi connectivity index (χ2n) is 5.30. The summed E-state index contributed by atoms with van der Waals surface area (Å²) in [4.78, 5) is 12.4. The van der Waals surface area contributed by atoms with Crippen LogP contribution in [-0.2, 0) is 9.47 Å². The summed E-state index contributed by atoms with van der Waals surface area (Å²) < 4.78 is 10.5. The molecule has 4 heteroatoms. The maximum Gasteiger partial charge on any atom is 0.252 e. The summed E-state index contributed by atoms with van der Waals surface area (Å²) in [6.07, 6.45) is 0. The molecule has 2 aromatic carbocycles. The normalized spacial score (nSPS) is 13.9. The first kappa shape index (κ1) is 15.5. The Morgan fingerprint density at radius 3 is 2.57 bits per heavy atom. The number of ether oxygens (including phenoxy) is 2. The van der Waals surface area contributed by atoms with Crippen molar-refractivity contribution in [1.82, 2.24) is 5.32 Å². The van der Waals surface area contributed by atoms with Crippen molar-refractivity contribution in [3.63, 3.8) is 0 Å². The van der Waals surface area contributed by atoms with E-state index in [2.05, 4.69) is 5.32 Å². The van der Waals surface area contributed by atoms with Crippen LogP contribution in [0.2, 0.25) is 0 Å². The van der Waals surface area contributed by atoms with Gasteiger partial charge in [-0.05, 0) is 23.8 Å². The number of nitrogens with one attached hydrogen (secondary N) is 1. The molecule has 112 valence electrons. The fourth-order valence-corrected chi connectivity index (χ4v) is 2.27. The Bertz CT molecular complexity index is 621. The molecule has 0 heterocycles. The minimum Gasteiger partial charge on any atom is -0.382 e. The zero-order chi connectivity index (χ0) is 15.3. The topological polar surface area (TPSA) is 47.6 Å². The summed E-state index contributed by atoms with van der Waals surface area (Å²) in [6.45, 7) is 2.71. The molecule has 1 N–H and O–H groups in total. The van der Waals surface area contributed by atoms with E-state index in [-0.39, 0.29) is 5.91 Å². The van der Waals surface area contributed by atoms with Gasteiger partial charge in [0.25, 0.3) is 5.91 Å². The summed E-state index contributed by atoms with van der Waals surface area (Å²) in [5, 5.41) is 4.92. The number of methoxy groups -OCH3 is 2. The summed E-state index contributed by atoms with van der Waals surface area (Å²) in [6, 6.07) is 13.6. The molecule has 0 saturated carbocycles. The van der Waals surface area contributed by atoms with Crippen LogP contribution in [0.5, 0.6) is 0 Å². The lowest BCUT2D eigenvalue weighted by Crippen LogP contribution is -2.45. The molecular formula is C17H21NO3. The summed E-state index contributed by atoms with van der Waals surface area (Å²) in [5.74, 6) is -0.105. The van der Waals surface area contributed by atoms with Crippen molar-refractivity contribution in [3.05, 3.63) is 48.0 Å². The van der Waals surface area contributed by atoms with E-state index in [1.165, 1.54) is 0 Å². The minimum absolute atomic E-state index is 0.105. The number of fused-ring (bicyclic) bond motifs is 1. The van der Waals surface area contributed by atoms with Gasteiger partial charge in [-0.15, -0.1) is 0 Å². The van der Waals surface area contributed by atoms with E-state index in [1.54, 1.807) is 14.2 Å². The third-order valence-electron chi connectivity index (χ3n) is 3.60. The number of amides is 1. The summed E-state index contributed by atoms with van der Waals surface area (Å²) >= 11 is 0. The van der Waals surface area contributed by atoms with Gasteiger partial charge in [0, 0.05) is 26.3 Å². The minimum atomic E-state index is -0.533. The molecule has 2 rings (SSSR count). The van der Waals surface area contributed by atoms with Crippen molar-refractivity contribution in [1.29, 1.82) is 0 Å². The van der Waals surface area contributed by atoms with Gasteiger partial charge in [-0.25, -0.2) is 0 Å². The molecule has 0 aliphatic rings. The lowest BCUT2D eigenvalue weighted by Gasteiger charge is -2.27. The van der Waals surface area contributed by atoms with Crippen molar-refractivity contribution >= 4 is 16.7 Å². The number of rotatable bonds is 6. The molecule has 0 fully saturated rings. The van der Waals surface area contributed by atoms with Crippen molar-refractivity contribution in [2.24, 2.45) is 0 Å². The van der Waals surface area contributed by atoms with Crippen LogP contribution in [0, 0.1) is 0 Å². The van der Waals surface area contributed by atoms with E-state index < -0.39 is 5.60 Å². The predicted molar refractivity (Wildman–Crippen MR) is 83.6 cm³/mol. The van der Waals surface area contributed by atoms with Gasteiger partial charge in [-0.2, -0.15) is 0 Å². The highest BCUT2D eigenvalue weighted by Crippen LogP contribution is 2.18.